The van der Waals surface area contributed by atoms with Gasteiger partial charge in [-0.05, 0) is 42.9 Å². The molecule has 0 amide bonds. The van der Waals surface area contributed by atoms with Gasteiger partial charge in [0.15, 0.2) is 13.6 Å². The molecule has 2 fully saturated rings. The summed E-state index contributed by atoms with van der Waals surface area (Å²) >= 11 is 0. The molecule has 2 atom stereocenters. The van der Waals surface area contributed by atoms with Gasteiger partial charge in [0.25, 0.3) is 0 Å². The van der Waals surface area contributed by atoms with E-state index in [2.05, 4.69) is 4.74 Å². The van der Waals surface area contributed by atoms with Crippen molar-refractivity contribution in [2.24, 2.45) is 17.3 Å². The van der Waals surface area contributed by atoms with Crippen LogP contribution in [0.4, 0.5) is 0 Å². The van der Waals surface area contributed by atoms with Crippen LogP contribution in [0.3, 0.4) is 0 Å². The van der Waals surface area contributed by atoms with Crippen molar-refractivity contribution in [2.75, 3.05) is 13.6 Å². The summed E-state index contributed by atoms with van der Waals surface area (Å²) in [5.74, 6) is -0.550. The number of allylic oxidation sites excluding steroid dienone is 2. The maximum absolute atomic E-state index is 12.1. The number of hydrogen-bond donors (Lipinski definition) is 2. The van der Waals surface area contributed by atoms with E-state index in [0.29, 0.717) is 5.92 Å². The molecule has 170 valence electrons. The molecule has 2 aliphatic carbocycles. The second kappa shape index (κ2) is 13.6. The number of esters is 2. The Kier molecular flexibility index (Phi) is 11.2. The molecule has 2 aliphatic rings. The molecule has 2 N–H and O–H groups in total. The number of hydrogen-bond acceptors (Lipinski definition) is 6. The van der Waals surface area contributed by atoms with Crippen LogP contribution in [-0.4, -0.2) is 35.7 Å². The van der Waals surface area contributed by atoms with Crippen molar-refractivity contribution in [3.63, 3.8) is 0 Å². The monoisotopic (exact) mass is 422 g/mol. The van der Waals surface area contributed by atoms with E-state index in [0.717, 1.165) is 38.5 Å². The van der Waals surface area contributed by atoms with Gasteiger partial charge in [-0.25, -0.2) is 9.59 Å². The Labute approximate surface area is 180 Å². The van der Waals surface area contributed by atoms with Crippen molar-refractivity contribution < 1.29 is 29.3 Å². The van der Waals surface area contributed by atoms with Crippen LogP contribution in [0.1, 0.15) is 83.5 Å². The SMILES string of the molecule is O=C(C=CC1CCCCCCC1(C=CC(=O)OCO)C1CCCCCCC1)OCO. The van der Waals surface area contributed by atoms with E-state index in [1.165, 1.54) is 57.1 Å². The van der Waals surface area contributed by atoms with Gasteiger partial charge in [-0.1, -0.05) is 69.9 Å². The third kappa shape index (κ3) is 7.55. The van der Waals surface area contributed by atoms with Gasteiger partial charge in [0.05, 0.1) is 0 Å². The van der Waals surface area contributed by atoms with Crippen molar-refractivity contribution in [3.8, 4) is 0 Å². The fraction of sp³-hybridized carbons (Fsp3) is 0.750. The molecule has 0 aromatic rings. The van der Waals surface area contributed by atoms with E-state index in [-0.39, 0.29) is 11.3 Å². The van der Waals surface area contributed by atoms with E-state index in [1.54, 1.807) is 0 Å². The average molecular weight is 423 g/mol. The van der Waals surface area contributed by atoms with Gasteiger partial charge in [-0.15, -0.1) is 0 Å². The quantitative estimate of drug-likeness (QED) is 0.359. The highest BCUT2D eigenvalue weighted by molar-refractivity contribution is 5.82. The summed E-state index contributed by atoms with van der Waals surface area (Å²) in [5.41, 5.74) is -0.234. The van der Waals surface area contributed by atoms with Gasteiger partial charge in [0.2, 0.25) is 0 Å². The van der Waals surface area contributed by atoms with E-state index < -0.39 is 25.5 Å². The van der Waals surface area contributed by atoms with Gasteiger partial charge in [-0.3, -0.25) is 0 Å². The lowest BCUT2D eigenvalue weighted by atomic mass is 9.58. The van der Waals surface area contributed by atoms with Crippen molar-refractivity contribution in [2.45, 2.75) is 83.5 Å². The maximum Gasteiger partial charge on any atom is 0.332 e. The third-order valence-electron chi connectivity index (χ3n) is 6.84. The lowest BCUT2D eigenvalue weighted by Gasteiger charge is -2.46. The van der Waals surface area contributed by atoms with Crippen LogP contribution in [0, 0.1) is 17.3 Å². The second-order valence-corrected chi connectivity index (χ2v) is 8.59. The normalized spacial score (nSPS) is 27.2. The Balaban J connectivity index is 2.40. The molecular weight excluding hydrogens is 384 g/mol. The Bertz CT molecular complexity index is 576. The minimum atomic E-state index is -0.630. The predicted octanol–water partition coefficient (Wildman–Crippen LogP) is 4.40. The predicted molar refractivity (Wildman–Crippen MR) is 114 cm³/mol. The minimum absolute atomic E-state index is 0.103. The van der Waals surface area contributed by atoms with Crippen LogP contribution in [0.15, 0.2) is 24.3 Å². The third-order valence-corrected chi connectivity index (χ3v) is 6.84. The lowest BCUT2D eigenvalue weighted by molar-refractivity contribution is -0.146. The lowest BCUT2D eigenvalue weighted by Crippen LogP contribution is -2.37. The summed E-state index contributed by atoms with van der Waals surface area (Å²) in [7, 11) is 0. The summed E-state index contributed by atoms with van der Waals surface area (Å²) in [6, 6.07) is 0. The minimum Gasteiger partial charge on any atom is -0.436 e. The maximum atomic E-state index is 12.1. The Morgan fingerprint density at radius 2 is 1.30 bits per heavy atom. The summed E-state index contributed by atoms with van der Waals surface area (Å²) in [4.78, 5) is 23.9. The van der Waals surface area contributed by atoms with Crippen LogP contribution < -0.4 is 0 Å². The van der Waals surface area contributed by atoms with Crippen molar-refractivity contribution in [3.05, 3.63) is 24.3 Å². The zero-order valence-corrected chi connectivity index (χ0v) is 18.1. The highest BCUT2D eigenvalue weighted by atomic mass is 16.6. The molecule has 0 heterocycles. The first-order valence-corrected chi connectivity index (χ1v) is 11.5. The first-order valence-electron chi connectivity index (χ1n) is 11.5. The highest BCUT2D eigenvalue weighted by Crippen LogP contribution is 2.51. The standard InChI is InChI=1S/C24H38O6/c25-18-29-22(27)14-13-21-12-8-4-5-9-16-24(21,17-15-23(28)30-19-26)20-10-6-2-1-3-7-11-20/h13-15,17,20-21,25-26H,1-12,16,18-19H2. The fourth-order valence-corrected chi connectivity index (χ4v) is 5.36. The van der Waals surface area contributed by atoms with Crippen LogP contribution in [0.5, 0.6) is 0 Å². The summed E-state index contributed by atoms with van der Waals surface area (Å²) in [6.45, 7) is -1.26. The molecule has 2 saturated carbocycles. The Hall–Kier alpha value is -1.66. The van der Waals surface area contributed by atoms with Gasteiger partial charge in [0.1, 0.15) is 0 Å². The molecular formula is C24H38O6. The second-order valence-electron chi connectivity index (χ2n) is 8.59. The van der Waals surface area contributed by atoms with Gasteiger partial charge >= 0.3 is 11.9 Å². The van der Waals surface area contributed by atoms with Crippen LogP contribution in [-0.2, 0) is 19.1 Å². The Morgan fingerprint density at radius 1 is 0.767 bits per heavy atom. The zero-order valence-electron chi connectivity index (χ0n) is 18.1. The molecule has 0 aromatic heterocycles. The first-order chi connectivity index (χ1) is 14.6. The number of ether oxygens (including phenoxy) is 2. The molecule has 6 nitrogen and oxygen atoms in total. The molecule has 0 spiro atoms. The summed E-state index contributed by atoms with van der Waals surface area (Å²) < 4.78 is 9.42. The number of aliphatic hydroxyl groups excluding tert-OH is 2. The molecule has 0 saturated heterocycles. The molecule has 30 heavy (non-hydrogen) atoms. The Morgan fingerprint density at radius 3 is 1.93 bits per heavy atom. The molecule has 2 rings (SSSR count). The van der Waals surface area contributed by atoms with Crippen LogP contribution in [0.2, 0.25) is 0 Å². The van der Waals surface area contributed by atoms with Gasteiger partial charge in [-0.2, -0.15) is 0 Å². The van der Waals surface area contributed by atoms with E-state index in [9.17, 15) is 9.59 Å². The molecule has 0 aromatic carbocycles. The smallest absolute Gasteiger partial charge is 0.332 e. The first kappa shape index (κ1) is 24.6. The molecule has 2 unspecified atom stereocenters. The van der Waals surface area contributed by atoms with Crippen LogP contribution in [0.25, 0.3) is 0 Å². The number of aliphatic hydroxyl groups is 2. The average Bonchev–Trinajstić information content (AvgIpc) is 2.68. The topological polar surface area (TPSA) is 93.1 Å². The van der Waals surface area contributed by atoms with E-state index in [1.807, 2.05) is 12.2 Å². The summed E-state index contributed by atoms with van der Waals surface area (Å²) in [5, 5.41) is 17.8. The summed E-state index contributed by atoms with van der Waals surface area (Å²) in [6.07, 6.45) is 21.6. The molecule has 6 heteroatoms. The van der Waals surface area contributed by atoms with Crippen LogP contribution >= 0.6 is 0 Å². The van der Waals surface area contributed by atoms with Crippen molar-refractivity contribution in [1.82, 2.24) is 0 Å². The molecule has 0 aliphatic heterocycles. The largest absolute Gasteiger partial charge is 0.436 e. The van der Waals surface area contributed by atoms with E-state index in [4.69, 9.17) is 14.9 Å². The van der Waals surface area contributed by atoms with Crippen molar-refractivity contribution in [1.29, 1.82) is 0 Å². The molecule has 0 bridgehead atoms. The fourth-order valence-electron chi connectivity index (χ4n) is 5.36. The molecule has 0 radical (unpaired) electrons. The van der Waals surface area contributed by atoms with Crippen molar-refractivity contribution >= 4 is 11.9 Å². The van der Waals surface area contributed by atoms with Gasteiger partial charge < -0.3 is 19.7 Å². The zero-order chi connectivity index (χ0) is 21.7. The van der Waals surface area contributed by atoms with E-state index >= 15 is 0 Å². The number of carbonyl (C=O) groups is 2. The highest BCUT2D eigenvalue weighted by Gasteiger charge is 2.42. The number of carbonyl (C=O) groups excluding carboxylic acids is 2. The van der Waals surface area contributed by atoms with Gasteiger partial charge in [0, 0.05) is 12.2 Å². The number of rotatable bonds is 7.